The van der Waals surface area contributed by atoms with Crippen LogP contribution in [0.3, 0.4) is 0 Å². The molecule has 1 N–H and O–H groups in total. The normalized spacial score (nSPS) is 11.3. The number of rotatable bonds is 2. The lowest BCUT2D eigenvalue weighted by atomic mass is 10.1. The predicted octanol–water partition coefficient (Wildman–Crippen LogP) is 4.29. The van der Waals surface area contributed by atoms with E-state index in [1.165, 1.54) is 0 Å². The van der Waals surface area contributed by atoms with E-state index < -0.39 is 0 Å². The second kappa shape index (κ2) is 5.21. The van der Waals surface area contributed by atoms with Crippen LogP contribution < -0.4 is 5.32 Å². The van der Waals surface area contributed by atoms with Gasteiger partial charge < -0.3 is 5.32 Å². The highest BCUT2D eigenvalue weighted by molar-refractivity contribution is 6.33. The van der Waals surface area contributed by atoms with Crippen LogP contribution in [0.15, 0.2) is 43.0 Å². The van der Waals surface area contributed by atoms with Crippen molar-refractivity contribution in [3.63, 3.8) is 0 Å². The molecule has 4 rings (SSSR count). The molecule has 0 atom stereocenters. The summed E-state index contributed by atoms with van der Waals surface area (Å²) in [4.78, 5) is 13.3. The number of aryl methyl sites for hydroxylation is 2. The number of hydrogen-bond donors (Lipinski definition) is 1. The largest absolute Gasteiger partial charge is 0.337 e. The SMILES string of the molecule is Cc1cc(C)c(Nc2nc3cccnc3n3cncc23)c(Cl)c1. The van der Waals surface area contributed by atoms with Crippen LogP contribution in [0, 0.1) is 13.8 Å². The summed E-state index contributed by atoms with van der Waals surface area (Å²) in [6, 6.07) is 7.82. The monoisotopic (exact) mass is 323 g/mol. The van der Waals surface area contributed by atoms with E-state index in [0.717, 1.165) is 33.5 Å². The smallest absolute Gasteiger partial charge is 0.164 e. The third kappa shape index (κ3) is 2.29. The molecule has 0 spiro atoms. The highest BCUT2D eigenvalue weighted by atomic mass is 35.5. The number of pyridine rings is 1. The van der Waals surface area contributed by atoms with Gasteiger partial charge in [0.05, 0.1) is 16.9 Å². The van der Waals surface area contributed by atoms with Crippen molar-refractivity contribution in [2.45, 2.75) is 13.8 Å². The van der Waals surface area contributed by atoms with Gasteiger partial charge in [-0.25, -0.2) is 15.0 Å². The third-order valence-electron chi connectivity index (χ3n) is 3.78. The molecule has 0 saturated heterocycles. The van der Waals surface area contributed by atoms with Crippen LogP contribution in [0.25, 0.3) is 16.7 Å². The van der Waals surface area contributed by atoms with Crippen molar-refractivity contribution in [3.8, 4) is 0 Å². The van der Waals surface area contributed by atoms with Crippen molar-refractivity contribution >= 4 is 39.8 Å². The number of benzene rings is 1. The Bertz CT molecular complexity index is 1010. The molecule has 0 radical (unpaired) electrons. The molecule has 0 aliphatic heterocycles. The summed E-state index contributed by atoms with van der Waals surface area (Å²) >= 11 is 6.40. The Morgan fingerprint density at radius 3 is 2.91 bits per heavy atom. The van der Waals surface area contributed by atoms with Crippen LogP contribution in [-0.4, -0.2) is 19.4 Å². The maximum atomic E-state index is 6.40. The van der Waals surface area contributed by atoms with Crippen LogP contribution in [0.4, 0.5) is 11.5 Å². The van der Waals surface area contributed by atoms with E-state index in [0.29, 0.717) is 10.8 Å². The Hall–Kier alpha value is -2.66. The molecule has 0 amide bonds. The van der Waals surface area contributed by atoms with E-state index in [1.807, 2.05) is 36.4 Å². The average molecular weight is 324 g/mol. The first-order chi connectivity index (χ1) is 11.1. The van der Waals surface area contributed by atoms with Gasteiger partial charge in [-0.2, -0.15) is 0 Å². The maximum Gasteiger partial charge on any atom is 0.164 e. The molecule has 3 heterocycles. The molecule has 0 fully saturated rings. The van der Waals surface area contributed by atoms with E-state index >= 15 is 0 Å². The standard InChI is InChI=1S/C17H14ClN5/c1-10-6-11(2)15(12(18)7-10)22-16-14-8-19-9-23(14)17-13(21-16)4-3-5-20-17/h3-9H,1-2H3,(H,21,22). The summed E-state index contributed by atoms with van der Waals surface area (Å²) in [6.45, 7) is 4.05. The van der Waals surface area contributed by atoms with E-state index in [4.69, 9.17) is 11.6 Å². The summed E-state index contributed by atoms with van der Waals surface area (Å²) in [7, 11) is 0. The first kappa shape index (κ1) is 14.0. The quantitative estimate of drug-likeness (QED) is 0.598. The highest BCUT2D eigenvalue weighted by Crippen LogP contribution is 2.31. The van der Waals surface area contributed by atoms with Crippen molar-refractivity contribution in [2.24, 2.45) is 0 Å². The lowest BCUT2D eigenvalue weighted by Crippen LogP contribution is -2.02. The summed E-state index contributed by atoms with van der Waals surface area (Å²) in [6.07, 6.45) is 5.25. The van der Waals surface area contributed by atoms with Gasteiger partial charge >= 0.3 is 0 Å². The minimum Gasteiger partial charge on any atom is -0.337 e. The van der Waals surface area contributed by atoms with E-state index in [2.05, 4.69) is 26.3 Å². The van der Waals surface area contributed by atoms with Gasteiger partial charge in [-0.15, -0.1) is 0 Å². The lowest BCUT2D eigenvalue weighted by Gasteiger charge is -2.13. The average Bonchev–Trinajstić information content (AvgIpc) is 3.00. The summed E-state index contributed by atoms with van der Waals surface area (Å²) in [5.41, 5.74) is 5.48. The predicted molar refractivity (Wildman–Crippen MR) is 92.5 cm³/mol. The van der Waals surface area contributed by atoms with Crippen molar-refractivity contribution in [2.75, 3.05) is 5.32 Å². The molecule has 6 heteroatoms. The maximum absolute atomic E-state index is 6.40. The van der Waals surface area contributed by atoms with Gasteiger partial charge in [0, 0.05) is 6.20 Å². The van der Waals surface area contributed by atoms with Gasteiger partial charge in [-0.3, -0.25) is 4.40 Å². The Morgan fingerprint density at radius 1 is 1.22 bits per heavy atom. The Balaban J connectivity index is 1.93. The van der Waals surface area contributed by atoms with Gasteiger partial charge in [-0.1, -0.05) is 17.7 Å². The second-order valence-corrected chi connectivity index (χ2v) is 5.93. The van der Waals surface area contributed by atoms with Crippen LogP contribution in [-0.2, 0) is 0 Å². The number of hydrogen-bond acceptors (Lipinski definition) is 4. The lowest BCUT2D eigenvalue weighted by molar-refractivity contribution is 1.14. The van der Waals surface area contributed by atoms with E-state index in [1.54, 1.807) is 18.7 Å². The molecular weight excluding hydrogens is 310 g/mol. The Kier molecular flexibility index (Phi) is 3.16. The summed E-state index contributed by atoms with van der Waals surface area (Å²) < 4.78 is 1.92. The Morgan fingerprint density at radius 2 is 2.09 bits per heavy atom. The zero-order chi connectivity index (χ0) is 16.0. The molecule has 0 aliphatic carbocycles. The van der Waals surface area contributed by atoms with Crippen LogP contribution in [0.2, 0.25) is 5.02 Å². The number of imidazole rings is 1. The fraction of sp³-hybridized carbons (Fsp3) is 0.118. The van der Waals surface area contributed by atoms with Gasteiger partial charge in [0.2, 0.25) is 0 Å². The number of anilines is 2. The summed E-state index contributed by atoms with van der Waals surface area (Å²) in [5, 5.41) is 4.03. The van der Waals surface area contributed by atoms with Gasteiger partial charge in [0.1, 0.15) is 17.4 Å². The van der Waals surface area contributed by atoms with Crippen LogP contribution in [0.5, 0.6) is 0 Å². The van der Waals surface area contributed by atoms with Crippen molar-refractivity contribution in [3.05, 3.63) is 59.1 Å². The Labute approximate surface area is 138 Å². The molecule has 23 heavy (non-hydrogen) atoms. The van der Waals surface area contributed by atoms with Crippen LogP contribution >= 0.6 is 11.6 Å². The molecule has 3 aromatic heterocycles. The molecule has 0 aliphatic rings. The third-order valence-corrected chi connectivity index (χ3v) is 4.08. The fourth-order valence-corrected chi connectivity index (χ4v) is 3.13. The zero-order valence-corrected chi connectivity index (χ0v) is 13.5. The minimum absolute atomic E-state index is 0.674. The molecule has 114 valence electrons. The first-order valence-corrected chi connectivity index (χ1v) is 7.62. The molecule has 0 unspecified atom stereocenters. The first-order valence-electron chi connectivity index (χ1n) is 7.24. The second-order valence-electron chi connectivity index (χ2n) is 5.52. The molecular formula is C17H14ClN5. The molecule has 0 bridgehead atoms. The number of nitrogens with one attached hydrogen (secondary N) is 1. The van der Waals surface area contributed by atoms with Gasteiger partial charge in [0.25, 0.3) is 0 Å². The highest BCUT2D eigenvalue weighted by Gasteiger charge is 2.12. The number of halogens is 1. The molecule has 0 saturated carbocycles. The molecule has 1 aromatic carbocycles. The number of fused-ring (bicyclic) bond motifs is 3. The summed E-state index contributed by atoms with van der Waals surface area (Å²) in [5.74, 6) is 0.705. The minimum atomic E-state index is 0.674. The number of nitrogens with zero attached hydrogens (tertiary/aromatic N) is 4. The van der Waals surface area contributed by atoms with Crippen LogP contribution in [0.1, 0.15) is 11.1 Å². The topological polar surface area (TPSA) is 55.1 Å². The van der Waals surface area contributed by atoms with E-state index in [-0.39, 0.29) is 0 Å². The number of aromatic nitrogens is 4. The van der Waals surface area contributed by atoms with E-state index in [9.17, 15) is 0 Å². The van der Waals surface area contributed by atoms with Gasteiger partial charge in [-0.05, 0) is 43.2 Å². The van der Waals surface area contributed by atoms with Gasteiger partial charge in [0.15, 0.2) is 11.5 Å². The van der Waals surface area contributed by atoms with Crippen molar-refractivity contribution in [1.82, 2.24) is 19.4 Å². The zero-order valence-electron chi connectivity index (χ0n) is 12.7. The molecule has 4 aromatic rings. The fourth-order valence-electron chi connectivity index (χ4n) is 2.76. The van der Waals surface area contributed by atoms with Crippen molar-refractivity contribution < 1.29 is 0 Å². The molecule has 5 nitrogen and oxygen atoms in total. The van der Waals surface area contributed by atoms with Crippen molar-refractivity contribution in [1.29, 1.82) is 0 Å².